The Bertz CT molecular complexity index is 1050. The van der Waals surface area contributed by atoms with E-state index in [4.69, 9.17) is 0 Å². The van der Waals surface area contributed by atoms with Gasteiger partial charge in [0.1, 0.15) is 5.69 Å². The Labute approximate surface area is 136 Å². The molecule has 0 fully saturated rings. The zero-order valence-electron chi connectivity index (χ0n) is 13.2. The lowest BCUT2D eigenvalue weighted by Crippen LogP contribution is -2.18. The molecule has 1 amide bonds. The fraction of sp³-hybridized carbons (Fsp3) is 0.118. The summed E-state index contributed by atoms with van der Waals surface area (Å²) in [6.07, 6.45) is 3.09. The Morgan fingerprint density at radius 1 is 0.917 bits per heavy atom. The number of aryl methyl sites for hydroxylation is 1. The smallest absolute Gasteiger partial charge is 0.273 e. The summed E-state index contributed by atoms with van der Waals surface area (Å²) in [6, 6.07) is 6.97. The van der Waals surface area contributed by atoms with E-state index in [-0.39, 0.29) is 17.2 Å². The van der Waals surface area contributed by atoms with E-state index >= 15 is 0 Å². The molecule has 0 bridgehead atoms. The first-order valence-corrected chi connectivity index (χ1v) is 7.34. The molecule has 0 saturated carbocycles. The van der Waals surface area contributed by atoms with E-state index in [2.05, 4.69) is 20.6 Å². The minimum Gasteiger partial charge on any atom is -0.353 e. The number of aromatic amines is 2. The second-order valence-electron chi connectivity index (χ2n) is 5.41. The first kappa shape index (κ1) is 15.5. The van der Waals surface area contributed by atoms with Gasteiger partial charge in [-0.05, 0) is 42.1 Å². The summed E-state index contributed by atoms with van der Waals surface area (Å²) >= 11 is 0. The molecule has 0 unspecified atom stereocenters. The lowest BCUT2D eigenvalue weighted by molar-refractivity contribution is -0.114. The Morgan fingerprint density at radius 2 is 1.62 bits per heavy atom. The molecule has 122 valence electrons. The van der Waals surface area contributed by atoms with Crippen molar-refractivity contribution in [1.82, 2.24) is 9.97 Å². The highest BCUT2D eigenvalue weighted by molar-refractivity contribution is 5.94. The number of carbonyl (C=O) groups is 1. The molecule has 0 aliphatic heterocycles. The number of anilines is 3. The summed E-state index contributed by atoms with van der Waals surface area (Å²) in [5.41, 5.74) is 1.68. The van der Waals surface area contributed by atoms with Crippen molar-refractivity contribution in [1.29, 1.82) is 0 Å². The van der Waals surface area contributed by atoms with Gasteiger partial charge in [-0.1, -0.05) is 0 Å². The number of hydrogen-bond acceptors (Lipinski definition) is 4. The van der Waals surface area contributed by atoms with Crippen LogP contribution in [0.5, 0.6) is 0 Å². The SMILES string of the molecule is CC(=O)Nc1c(Nc2ccc3c(=O)[nH]ccc3c2C)cc[nH]c1=O. The number of benzene rings is 1. The predicted octanol–water partition coefficient (Wildman–Crippen LogP) is 2.23. The maximum absolute atomic E-state index is 12.0. The zero-order chi connectivity index (χ0) is 17.3. The quantitative estimate of drug-likeness (QED) is 0.592. The van der Waals surface area contributed by atoms with E-state index in [9.17, 15) is 14.4 Å². The van der Waals surface area contributed by atoms with Gasteiger partial charge >= 0.3 is 0 Å². The van der Waals surface area contributed by atoms with E-state index in [1.54, 1.807) is 24.4 Å². The summed E-state index contributed by atoms with van der Waals surface area (Å²) in [5.74, 6) is -0.337. The van der Waals surface area contributed by atoms with Gasteiger partial charge in [0, 0.05) is 30.4 Å². The van der Waals surface area contributed by atoms with Crippen LogP contribution in [0.1, 0.15) is 12.5 Å². The van der Waals surface area contributed by atoms with Crippen LogP contribution in [0.15, 0.2) is 46.2 Å². The number of hydrogen-bond donors (Lipinski definition) is 4. The van der Waals surface area contributed by atoms with Gasteiger partial charge in [-0.15, -0.1) is 0 Å². The summed E-state index contributed by atoms with van der Waals surface area (Å²) < 4.78 is 0. The van der Waals surface area contributed by atoms with E-state index < -0.39 is 5.56 Å². The molecule has 0 saturated heterocycles. The Balaban J connectivity index is 2.10. The average molecular weight is 324 g/mol. The second kappa shape index (κ2) is 6.04. The monoisotopic (exact) mass is 324 g/mol. The fourth-order valence-corrected chi connectivity index (χ4v) is 2.58. The highest BCUT2D eigenvalue weighted by Gasteiger charge is 2.11. The summed E-state index contributed by atoms with van der Waals surface area (Å²) in [7, 11) is 0. The van der Waals surface area contributed by atoms with Crippen LogP contribution >= 0.6 is 0 Å². The molecule has 2 aromatic heterocycles. The predicted molar refractivity (Wildman–Crippen MR) is 94.0 cm³/mol. The number of pyridine rings is 2. The van der Waals surface area contributed by atoms with Crippen LogP contribution in [0.25, 0.3) is 10.8 Å². The molecule has 0 atom stereocenters. The van der Waals surface area contributed by atoms with Crippen molar-refractivity contribution in [2.45, 2.75) is 13.8 Å². The minimum absolute atomic E-state index is 0.149. The second-order valence-corrected chi connectivity index (χ2v) is 5.41. The van der Waals surface area contributed by atoms with Crippen molar-refractivity contribution in [3.8, 4) is 0 Å². The highest BCUT2D eigenvalue weighted by Crippen LogP contribution is 2.28. The Kier molecular flexibility index (Phi) is 3.91. The van der Waals surface area contributed by atoms with Gasteiger partial charge in [0.25, 0.3) is 11.1 Å². The molecular weight excluding hydrogens is 308 g/mol. The van der Waals surface area contributed by atoms with Crippen LogP contribution in [0.2, 0.25) is 0 Å². The normalized spacial score (nSPS) is 10.6. The van der Waals surface area contributed by atoms with E-state index in [1.807, 2.05) is 13.0 Å². The Hall–Kier alpha value is -3.35. The van der Waals surface area contributed by atoms with Crippen LogP contribution in [-0.4, -0.2) is 15.9 Å². The van der Waals surface area contributed by atoms with E-state index in [0.29, 0.717) is 11.1 Å². The van der Waals surface area contributed by atoms with Crippen LogP contribution in [-0.2, 0) is 4.79 Å². The molecule has 24 heavy (non-hydrogen) atoms. The Morgan fingerprint density at radius 3 is 2.38 bits per heavy atom. The maximum Gasteiger partial charge on any atom is 0.273 e. The molecule has 7 nitrogen and oxygen atoms in total. The van der Waals surface area contributed by atoms with Gasteiger partial charge in [0.05, 0.1) is 5.69 Å². The number of nitrogens with one attached hydrogen (secondary N) is 4. The van der Waals surface area contributed by atoms with Crippen molar-refractivity contribution in [3.63, 3.8) is 0 Å². The first-order chi connectivity index (χ1) is 11.5. The van der Waals surface area contributed by atoms with Gasteiger partial charge in [-0.3, -0.25) is 14.4 Å². The third-order valence-corrected chi connectivity index (χ3v) is 3.76. The van der Waals surface area contributed by atoms with Crippen LogP contribution < -0.4 is 21.8 Å². The summed E-state index contributed by atoms with van der Waals surface area (Å²) in [6.45, 7) is 3.22. The molecule has 4 N–H and O–H groups in total. The molecule has 7 heteroatoms. The molecule has 1 aromatic carbocycles. The molecule has 0 radical (unpaired) electrons. The molecule has 2 heterocycles. The minimum atomic E-state index is -0.398. The topological polar surface area (TPSA) is 107 Å². The van der Waals surface area contributed by atoms with Crippen molar-refractivity contribution < 1.29 is 4.79 Å². The number of amides is 1. The standard InChI is InChI=1S/C17H16N4O3/c1-9-11-5-7-18-16(23)12(11)3-4-13(9)21-14-6-8-19-17(24)15(14)20-10(2)22/h3-8H,1-2H3,(H,18,23)(H,20,22)(H2,19,21,24). The zero-order valence-corrected chi connectivity index (χ0v) is 13.2. The third kappa shape index (κ3) is 2.79. The van der Waals surface area contributed by atoms with Gasteiger partial charge in [-0.2, -0.15) is 0 Å². The van der Waals surface area contributed by atoms with E-state index in [1.165, 1.54) is 13.1 Å². The van der Waals surface area contributed by atoms with Crippen LogP contribution in [0, 0.1) is 6.92 Å². The van der Waals surface area contributed by atoms with Gasteiger partial charge in [0.15, 0.2) is 0 Å². The van der Waals surface area contributed by atoms with Gasteiger partial charge in [0.2, 0.25) is 5.91 Å². The number of fused-ring (bicyclic) bond motifs is 1. The largest absolute Gasteiger partial charge is 0.353 e. The number of H-pyrrole nitrogens is 2. The van der Waals surface area contributed by atoms with E-state index in [0.717, 1.165) is 16.6 Å². The molecule has 0 aliphatic rings. The summed E-state index contributed by atoms with van der Waals surface area (Å²) in [4.78, 5) is 40.3. The number of carbonyl (C=O) groups excluding carboxylic acids is 1. The molecule has 3 aromatic rings. The number of aromatic nitrogens is 2. The highest BCUT2D eigenvalue weighted by atomic mass is 16.2. The van der Waals surface area contributed by atoms with Crippen LogP contribution in [0.3, 0.4) is 0 Å². The van der Waals surface area contributed by atoms with Crippen molar-refractivity contribution >= 4 is 33.7 Å². The molecule has 0 aliphatic carbocycles. The van der Waals surface area contributed by atoms with Gasteiger partial charge < -0.3 is 20.6 Å². The van der Waals surface area contributed by atoms with Gasteiger partial charge in [-0.25, -0.2) is 0 Å². The van der Waals surface area contributed by atoms with Crippen LogP contribution in [0.4, 0.5) is 17.1 Å². The first-order valence-electron chi connectivity index (χ1n) is 7.34. The maximum atomic E-state index is 12.0. The average Bonchev–Trinajstić information content (AvgIpc) is 2.53. The third-order valence-electron chi connectivity index (χ3n) is 3.76. The fourth-order valence-electron chi connectivity index (χ4n) is 2.58. The van der Waals surface area contributed by atoms with Crippen molar-refractivity contribution in [2.75, 3.05) is 10.6 Å². The lowest BCUT2D eigenvalue weighted by atomic mass is 10.1. The van der Waals surface area contributed by atoms with Crippen molar-refractivity contribution in [2.24, 2.45) is 0 Å². The lowest BCUT2D eigenvalue weighted by Gasteiger charge is -2.14. The molecular formula is C17H16N4O3. The molecule has 0 spiro atoms. The summed E-state index contributed by atoms with van der Waals surface area (Å²) in [5, 5.41) is 7.08. The molecule has 3 rings (SSSR count). The van der Waals surface area contributed by atoms with Crippen molar-refractivity contribution in [3.05, 3.63) is 62.9 Å². The number of rotatable bonds is 3.